The summed E-state index contributed by atoms with van der Waals surface area (Å²) in [5, 5.41) is 9.88. The maximum atomic E-state index is 9.25. The van der Waals surface area contributed by atoms with Gasteiger partial charge < -0.3 is 4.90 Å². The van der Waals surface area contributed by atoms with Gasteiger partial charge in [0.15, 0.2) is 0 Å². The fourth-order valence-electron chi connectivity index (χ4n) is 2.87. The van der Waals surface area contributed by atoms with Crippen LogP contribution >= 0.6 is 11.6 Å². The number of hydrogen-bond donors (Lipinski definition) is 0. The van der Waals surface area contributed by atoms with Gasteiger partial charge in [0, 0.05) is 17.6 Å². The van der Waals surface area contributed by atoms with Crippen molar-refractivity contribution in [2.45, 2.75) is 45.1 Å². The molecule has 18 heavy (non-hydrogen) atoms. The summed E-state index contributed by atoms with van der Waals surface area (Å²) in [6, 6.07) is 8.47. The molecule has 0 saturated heterocycles. The number of benzene rings is 1. The van der Waals surface area contributed by atoms with Crippen LogP contribution in [0.15, 0.2) is 18.2 Å². The van der Waals surface area contributed by atoms with Crippen molar-refractivity contribution in [1.82, 2.24) is 0 Å². The van der Waals surface area contributed by atoms with Gasteiger partial charge in [-0.25, -0.2) is 0 Å². The van der Waals surface area contributed by atoms with Crippen molar-refractivity contribution in [2.24, 2.45) is 0 Å². The Kier molecular flexibility index (Phi) is 4.49. The van der Waals surface area contributed by atoms with Crippen molar-refractivity contribution < 1.29 is 0 Å². The summed E-state index contributed by atoms with van der Waals surface area (Å²) < 4.78 is 0. The Morgan fingerprint density at radius 2 is 2.06 bits per heavy atom. The molecule has 3 heteroatoms. The molecule has 1 aliphatic carbocycles. The molecule has 0 N–H and O–H groups in total. The van der Waals surface area contributed by atoms with Gasteiger partial charge in [-0.1, -0.05) is 30.9 Å². The van der Waals surface area contributed by atoms with Crippen molar-refractivity contribution in [2.75, 3.05) is 11.4 Å². The van der Waals surface area contributed by atoms with E-state index in [1.165, 1.54) is 32.1 Å². The Hall–Kier alpha value is -1.20. The summed E-state index contributed by atoms with van der Waals surface area (Å²) in [6.07, 6.45) is 6.43. The summed E-state index contributed by atoms with van der Waals surface area (Å²) in [6.45, 7) is 3.10. The quantitative estimate of drug-likeness (QED) is 0.809. The van der Waals surface area contributed by atoms with Crippen molar-refractivity contribution in [3.05, 3.63) is 28.8 Å². The number of rotatable bonds is 3. The van der Waals surface area contributed by atoms with E-state index >= 15 is 0 Å². The highest BCUT2D eigenvalue weighted by Crippen LogP contribution is 2.30. The van der Waals surface area contributed by atoms with E-state index in [0.717, 1.165) is 12.2 Å². The molecule has 0 aromatic heterocycles. The lowest BCUT2D eigenvalue weighted by Gasteiger charge is -2.35. The van der Waals surface area contributed by atoms with Crippen LogP contribution in [-0.2, 0) is 0 Å². The van der Waals surface area contributed by atoms with Gasteiger partial charge >= 0.3 is 0 Å². The first-order chi connectivity index (χ1) is 8.76. The van der Waals surface area contributed by atoms with Crippen LogP contribution in [0.25, 0.3) is 0 Å². The minimum Gasteiger partial charge on any atom is -0.368 e. The molecule has 0 aliphatic heterocycles. The van der Waals surface area contributed by atoms with Crippen LogP contribution in [0, 0.1) is 11.3 Å². The number of halogens is 1. The van der Waals surface area contributed by atoms with Crippen molar-refractivity contribution >= 4 is 17.3 Å². The Bertz CT molecular complexity index is 444. The van der Waals surface area contributed by atoms with Crippen molar-refractivity contribution in [3.63, 3.8) is 0 Å². The van der Waals surface area contributed by atoms with Gasteiger partial charge in [0.1, 0.15) is 6.07 Å². The Morgan fingerprint density at radius 1 is 1.33 bits per heavy atom. The van der Waals surface area contributed by atoms with Gasteiger partial charge in [-0.15, -0.1) is 0 Å². The van der Waals surface area contributed by atoms with Crippen LogP contribution in [0.3, 0.4) is 0 Å². The van der Waals surface area contributed by atoms with E-state index in [0.29, 0.717) is 16.6 Å². The second-order valence-electron chi connectivity index (χ2n) is 4.85. The smallest absolute Gasteiger partial charge is 0.101 e. The number of anilines is 1. The van der Waals surface area contributed by atoms with Crippen LogP contribution in [0.5, 0.6) is 0 Å². The van der Waals surface area contributed by atoms with E-state index in [4.69, 9.17) is 11.6 Å². The molecule has 96 valence electrons. The van der Waals surface area contributed by atoms with E-state index in [1.807, 2.05) is 12.1 Å². The van der Waals surface area contributed by atoms with E-state index in [9.17, 15) is 5.26 Å². The van der Waals surface area contributed by atoms with Crippen LogP contribution in [0.4, 0.5) is 5.69 Å². The van der Waals surface area contributed by atoms with Gasteiger partial charge in [0.2, 0.25) is 0 Å². The number of nitrogens with zero attached hydrogens (tertiary/aromatic N) is 2. The third-order valence-electron chi connectivity index (χ3n) is 3.74. The molecular weight excluding hydrogens is 244 g/mol. The van der Waals surface area contributed by atoms with Gasteiger partial charge in [-0.05, 0) is 38.0 Å². The lowest BCUT2D eigenvalue weighted by molar-refractivity contribution is 0.418. The average Bonchev–Trinajstić information content (AvgIpc) is 2.42. The maximum absolute atomic E-state index is 9.25. The molecule has 2 nitrogen and oxygen atoms in total. The average molecular weight is 263 g/mol. The molecule has 0 spiro atoms. The molecule has 1 saturated carbocycles. The molecular formula is C15H19ClN2. The molecule has 1 aromatic rings. The largest absolute Gasteiger partial charge is 0.368 e. The lowest BCUT2D eigenvalue weighted by atomic mass is 9.93. The van der Waals surface area contributed by atoms with Gasteiger partial charge in [0.05, 0.1) is 11.3 Å². The highest BCUT2D eigenvalue weighted by molar-refractivity contribution is 6.30. The van der Waals surface area contributed by atoms with E-state index in [1.54, 1.807) is 6.07 Å². The summed E-state index contributed by atoms with van der Waals surface area (Å²) in [7, 11) is 0. The second-order valence-corrected chi connectivity index (χ2v) is 5.29. The minimum atomic E-state index is 0.581. The second kappa shape index (κ2) is 6.11. The highest BCUT2D eigenvalue weighted by atomic mass is 35.5. The monoisotopic (exact) mass is 262 g/mol. The maximum Gasteiger partial charge on any atom is 0.101 e. The normalized spacial score (nSPS) is 16.3. The first-order valence-electron chi connectivity index (χ1n) is 6.72. The first-order valence-corrected chi connectivity index (χ1v) is 7.10. The summed E-state index contributed by atoms with van der Waals surface area (Å²) >= 11 is 5.96. The Balaban J connectivity index is 2.29. The predicted molar refractivity (Wildman–Crippen MR) is 76.1 cm³/mol. The SMILES string of the molecule is CCN(c1ccc(Cl)cc1C#N)C1CCCCC1. The Morgan fingerprint density at radius 3 is 2.67 bits per heavy atom. The van der Waals surface area contributed by atoms with Crippen molar-refractivity contribution in [1.29, 1.82) is 5.26 Å². The molecule has 0 unspecified atom stereocenters. The molecule has 0 heterocycles. The van der Waals surface area contributed by atoms with Crippen molar-refractivity contribution in [3.8, 4) is 6.07 Å². The third-order valence-corrected chi connectivity index (χ3v) is 3.98. The molecule has 1 fully saturated rings. The Labute approximate surface area is 114 Å². The third kappa shape index (κ3) is 2.79. The molecule has 1 aliphatic rings. The zero-order valence-electron chi connectivity index (χ0n) is 10.8. The highest BCUT2D eigenvalue weighted by Gasteiger charge is 2.22. The lowest BCUT2D eigenvalue weighted by Crippen LogP contribution is -2.37. The number of nitriles is 1. The predicted octanol–water partition coefficient (Wildman–Crippen LogP) is 4.37. The summed E-state index contributed by atoms with van der Waals surface area (Å²) in [5.41, 5.74) is 1.73. The van der Waals surface area contributed by atoms with Gasteiger partial charge in [0.25, 0.3) is 0 Å². The van der Waals surface area contributed by atoms with Crippen LogP contribution in [0.1, 0.15) is 44.6 Å². The fourth-order valence-corrected chi connectivity index (χ4v) is 3.04. The topological polar surface area (TPSA) is 27.0 Å². The zero-order valence-corrected chi connectivity index (χ0v) is 11.6. The van der Waals surface area contributed by atoms with Crippen LogP contribution in [-0.4, -0.2) is 12.6 Å². The minimum absolute atomic E-state index is 0.581. The van der Waals surface area contributed by atoms with E-state index < -0.39 is 0 Å². The first kappa shape index (κ1) is 13.2. The van der Waals surface area contributed by atoms with Crippen LogP contribution in [0.2, 0.25) is 5.02 Å². The summed E-state index contributed by atoms with van der Waals surface area (Å²) in [4.78, 5) is 2.37. The molecule has 0 bridgehead atoms. The molecule has 1 aromatic carbocycles. The molecule has 0 amide bonds. The molecule has 0 radical (unpaired) electrons. The fraction of sp³-hybridized carbons (Fsp3) is 0.533. The molecule has 0 atom stereocenters. The van der Waals surface area contributed by atoms with Gasteiger partial charge in [-0.2, -0.15) is 5.26 Å². The van der Waals surface area contributed by atoms with E-state index in [2.05, 4.69) is 17.9 Å². The van der Waals surface area contributed by atoms with Crippen LogP contribution < -0.4 is 4.90 Å². The summed E-state index contributed by atoms with van der Waals surface area (Å²) in [5.74, 6) is 0. The molecule has 2 rings (SSSR count). The zero-order chi connectivity index (χ0) is 13.0. The standard InChI is InChI=1S/C15H19ClN2/c1-2-18(14-6-4-3-5-7-14)15-9-8-13(16)10-12(15)11-17/h8-10,14H,2-7H2,1H3. The number of hydrogen-bond acceptors (Lipinski definition) is 2. The van der Waals surface area contributed by atoms with E-state index in [-0.39, 0.29) is 0 Å². The van der Waals surface area contributed by atoms with Gasteiger partial charge in [-0.3, -0.25) is 0 Å².